The minimum atomic E-state index is -0.198. The van der Waals surface area contributed by atoms with Crippen LogP contribution in [0.4, 0.5) is 0 Å². The number of hydrogen-bond acceptors (Lipinski definition) is 3. The van der Waals surface area contributed by atoms with Crippen LogP contribution in [0, 0.1) is 0 Å². The predicted octanol–water partition coefficient (Wildman–Crippen LogP) is 1.52. The zero-order valence-corrected chi connectivity index (χ0v) is 9.65. The summed E-state index contributed by atoms with van der Waals surface area (Å²) in [7, 11) is 0. The van der Waals surface area contributed by atoms with Crippen LogP contribution in [0.15, 0.2) is 36.5 Å². The first-order chi connectivity index (χ1) is 7.31. The van der Waals surface area contributed by atoms with Gasteiger partial charge in [0.05, 0.1) is 12.1 Å². The molecule has 1 heterocycles. The lowest BCUT2D eigenvalue weighted by atomic mass is 10.0. The average molecular weight is 239 g/mol. The molecule has 4 heteroatoms. The van der Waals surface area contributed by atoms with Gasteiger partial charge in [0, 0.05) is 17.6 Å². The second-order valence-electron chi connectivity index (χ2n) is 3.63. The third kappa shape index (κ3) is 2.70. The quantitative estimate of drug-likeness (QED) is 0.853. The molecule has 0 radical (unpaired) electrons. The van der Waals surface area contributed by atoms with Gasteiger partial charge in [-0.2, -0.15) is 0 Å². The van der Waals surface area contributed by atoms with E-state index in [1.807, 2.05) is 30.3 Å². The van der Waals surface area contributed by atoms with Crippen molar-refractivity contribution in [3.8, 4) is 0 Å². The number of nitrogens with two attached hydrogens (primary N) is 1. The molecule has 0 aliphatic carbocycles. The standard InChI is InChI=1S/C12H14N2O.ClH/c13-10(8-15)7-9-5-6-14-12-4-2-1-3-11(9)12;/h1-6,10,15H,7-8,13H2;1H. The molecule has 3 nitrogen and oxygen atoms in total. The first-order valence-electron chi connectivity index (χ1n) is 5.00. The molecule has 0 amide bonds. The fourth-order valence-corrected chi connectivity index (χ4v) is 1.68. The van der Waals surface area contributed by atoms with Crippen molar-refractivity contribution in [1.29, 1.82) is 0 Å². The van der Waals surface area contributed by atoms with Crippen LogP contribution in [0.25, 0.3) is 10.9 Å². The fourth-order valence-electron chi connectivity index (χ4n) is 1.68. The molecule has 0 spiro atoms. The number of rotatable bonds is 3. The molecule has 1 atom stereocenters. The molecule has 0 fully saturated rings. The number of fused-ring (bicyclic) bond motifs is 1. The molecule has 1 unspecified atom stereocenters. The minimum absolute atomic E-state index is 0. The summed E-state index contributed by atoms with van der Waals surface area (Å²) in [5.41, 5.74) is 7.84. The zero-order valence-electron chi connectivity index (χ0n) is 8.84. The Labute approximate surface area is 101 Å². The van der Waals surface area contributed by atoms with Gasteiger partial charge in [0.1, 0.15) is 0 Å². The Kier molecular flexibility index (Phi) is 4.68. The van der Waals surface area contributed by atoms with Crippen LogP contribution in [0.2, 0.25) is 0 Å². The van der Waals surface area contributed by atoms with Crippen LogP contribution in [0.3, 0.4) is 0 Å². The summed E-state index contributed by atoms with van der Waals surface area (Å²) in [6.45, 7) is 0.0106. The molecule has 0 aliphatic heterocycles. The van der Waals surface area contributed by atoms with Crippen LogP contribution in [-0.4, -0.2) is 22.7 Å². The Bertz CT molecular complexity index is 456. The van der Waals surface area contributed by atoms with Crippen molar-refractivity contribution in [2.45, 2.75) is 12.5 Å². The number of pyridine rings is 1. The Balaban J connectivity index is 0.00000128. The van der Waals surface area contributed by atoms with E-state index in [0.717, 1.165) is 16.5 Å². The first kappa shape index (κ1) is 12.9. The van der Waals surface area contributed by atoms with Gasteiger partial charge in [-0.25, -0.2) is 0 Å². The van der Waals surface area contributed by atoms with Crippen molar-refractivity contribution in [3.05, 3.63) is 42.1 Å². The maximum absolute atomic E-state index is 8.93. The minimum Gasteiger partial charge on any atom is -0.395 e. The Hall–Kier alpha value is -1.16. The fraction of sp³-hybridized carbons (Fsp3) is 0.250. The van der Waals surface area contributed by atoms with Gasteiger partial charge in [0.15, 0.2) is 0 Å². The van der Waals surface area contributed by atoms with E-state index < -0.39 is 0 Å². The summed E-state index contributed by atoms with van der Waals surface area (Å²) >= 11 is 0. The highest BCUT2D eigenvalue weighted by molar-refractivity contribution is 5.85. The van der Waals surface area contributed by atoms with Gasteiger partial charge in [0.25, 0.3) is 0 Å². The summed E-state index contributed by atoms with van der Waals surface area (Å²) in [5.74, 6) is 0. The third-order valence-electron chi connectivity index (χ3n) is 2.46. The van der Waals surface area contributed by atoms with E-state index in [4.69, 9.17) is 10.8 Å². The molecule has 0 saturated carbocycles. The molecule has 1 aromatic heterocycles. The van der Waals surface area contributed by atoms with Crippen LogP contribution in [0.1, 0.15) is 5.56 Å². The van der Waals surface area contributed by atoms with Crippen molar-refractivity contribution in [1.82, 2.24) is 4.98 Å². The Morgan fingerprint density at radius 2 is 2.00 bits per heavy atom. The zero-order chi connectivity index (χ0) is 10.7. The molecule has 2 aromatic rings. The predicted molar refractivity (Wildman–Crippen MR) is 67.8 cm³/mol. The molecule has 0 bridgehead atoms. The number of para-hydroxylation sites is 1. The van der Waals surface area contributed by atoms with Gasteiger partial charge in [-0.1, -0.05) is 18.2 Å². The number of halogens is 1. The third-order valence-corrected chi connectivity index (χ3v) is 2.46. The second kappa shape index (κ2) is 5.80. The Morgan fingerprint density at radius 3 is 2.75 bits per heavy atom. The SMILES string of the molecule is Cl.NC(CO)Cc1ccnc2ccccc12. The van der Waals surface area contributed by atoms with Crippen LogP contribution in [-0.2, 0) is 6.42 Å². The molecule has 3 N–H and O–H groups in total. The lowest BCUT2D eigenvalue weighted by Gasteiger charge is -2.10. The summed E-state index contributed by atoms with van der Waals surface area (Å²) in [5, 5.41) is 10.0. The maximum Gasteiger partial charge on any atom is 0.0704 e. The molecule has 86 valence electrons. The van der Waals surface area contributed by atoms with E-state index in [1.165, 1.54) is 0 Å². The van der Waals surface area contributed by atoms with Gasteiger partial charge >= 0.3 is 0 Å². The van der Waals surface area contributed by atoms with Crippen molar-refractivity contribution in [2.75, 3.05) is 6.61 Å². The monoisotopic (exact) mass is 238 g/mol. The topological polar surface area (TPSA) is 59.1 Å². The van der Waals surface area contributed by atoms with Crippen molar-refractivity contribution < 1.29 is 5.11 Å². The van der Waals surface area contributed by atoms with Gasteiger partial charge in [-0.3, -0.25) is 4.98 Å². The van der Waals surface area contributed by atoms with E-state index in [0.29, 0.717) is 6.42 Å². The molecule has 0 saturated heterocycles. The maximum atomic E-state index is 8.93. The number of nitrogens with zero attached hydrogens (tertiary/aromatic N) is 1. The van der Waals surface area contributed by atoms with Gasteiger partial charge in [-0.05, 0) is 24.1 Å². The summed E-state index contributed by atoms with van der Waals surface area (Å²) in [6, 6.07) is 9.71. The highest BCUT2D eigenvalue weighted by Gasteiger charge is 2.05. The van der Waals surface area contributed by atoms with Crippen molar-refractivity contribution >= 4 is 23.3 Å². The Morgan fingerprint density at radius 1 is 1.25 bits per heavy atom. The first-order valence-corrected chi connectivity index (χ1v) is 5.00. The largest absolute Gasteiger partial charge is 0.395 e. The van der Waals surface area contributed by atoms with Crippen molar-refractivity contribution in [3.63, 3.8) is 0 Å². The average Bonchev–Trinajstić information content (AvgIpc) is 2.29. The van der Waals surface area contributed by atoms with Crippen LogP contribution < -0.4 is 5.73 Å². The molecule has 0 aliphatic rings. The number of aliphatic hydroxyl groups is 1. The van der Waals surface area contributed by atoms with E-state index in [1.54, 1.807) is 6.20 Å². The normalized spacial score (nSPS) is 12.1. The molecular formula is C12H15ClN2O. The lowest BCUT2D eigenvalue weighted by molar-refractivity contribution is 0.265. The number of aliphatic hydroxyl groups excluding tert-OH is 1. The number of benzene rings is 1. The van der Waals surface area contributed by atoms with Gasteiger partial charge in [0.2, 0.25) is 0 Å². The van der Waals surface area contributed by atoms with E-state index in [-0.39, 0.29) is 25.1 Å². The van der Waals surface area contributed by atoms with Crippen LogP contribution in [0.5, 0.6) is 0 Å². The lowest BCUT2D eigenvalue weighted by Crippen LogP contribution is -2.26. The summed E-state index contributed by atoms with van der Waals surface area (Å²) in [6.07, 6.45) is 2.46. The highest BCUT2D eigenvalue weighted by atomic mass is 35.5. The van der Waals surface area contributed by atoms with E-state index in [9.17, 15) is 0 Å². The second-order valence-corrected chi connectivity index (χ2v) is 3.63. The summed E-state index contributed by atoms with van der Waals surface area (Å²) in [4.78, 5) is 4.27. The van der Waals surface area contributed by atoms with Crippen molar-refractivity contribution in [2.24, 2.45) is 5.73 Å². The van der Waals surface area contributed by atoms with E-state index in [2.05, 4.69) is 4.98 Å². The molecule has 16 heavy (non-hydrogen) atoms. The smallest absolute Gasteiger partial charge is 0.0704 e. The number of aromatic nitrogens is 1. The number of hydrogen-bond donors (Lipinski definition) is 2. The summed E-state index contributed by atoms with van der Waals surface area (Å²) < 4.78 is 0. The van der Waals surface area contributed by atoms with E-state index >= 15 is 0 Å². The van der Waals surface area contributed by atoms with Gasteiger partial charge in [-0.15, -0.1) is 12.4 Å². The van der Waals surface area contributed by atoms with Gasteiger partial charge < -0.3 is 10.8 Å². The molecular weight excluding hydrogens is 224 g/mol. The molecule has 2 rings (SSSR count). The van der Waals surface area contributed by atoms with Crippen LogP contribution >= 0.6 is 12.4 Å². The highest BCUT2D eigenvalue weighted by Crippen LogP contribution is 2.17. The molecule has 1 aromatic carbocycles.